The Morgan fingerprint density at radius 1 is 0.750 bits per heavy atom. The zero-order chi connectivity index (χ0) is 17.4. The van der Waals surface area contributed by atoms with E-state index in [1.54, 1.807) is 18.2 Å². The number of hydrogen-bond acceptors (Lipinski definition) is 4. The Kier molecular flexibility index (Phi) is 3.68. The number of rotatable bonds is 2. The minimum absolute atomic E-state index is 0.317. The maximum absolute atomic E-state index is 11.6. The highest BCUT2D eigenvalue weighted by Crippen LogP contribution is 2.38. The van der Waals surface area contributed by atoms with Gasteiger partial charge in [-0.15, -0.1) is 0 Å². The quantitative estimate of drug-likeness (QED) is 0.245. The van der Waals surface area contributed by atoms with E-state index < -0.39 is 12.1 Å². The lowest BCUT2D eigenvalue weighted by molar-refractivity contribution is 0.253. The Bertz CT molecular complexity index is 971. The molecule has 3 aromatic carbocycles. The number of anilines is 2. The fourth-order valence-electron chi connectivity index (χ4n) is 2.75. The van der Waals surface area contributed by atoms with Gasteiger partial charge in [-0.05, 0) is 28.3 Å². The summed E-state index contributed by atoms with van der Waals surface area (Å²) in [6.07, 6.45) is 0. The lowest BCUT2D eigenvalue weighted by atomic mass is 9.98. The van der Waals surface area contributed by atoms with Crippen LogP contribution in [0.15, 0.2) is 48.5 Å². The summed E-state index contributed by atoms with van der Waals surface area (Å²) in [6.45, 7) is 0. The normalized spacial score (nSPS) is 10.8. The van der Waals surface area contributed by atoms with E-state index in [-0.39, 0.29) is 0 Å². The van der Waals surface area contributed by atoms with Gasteiger partial charge in [-0.1, -0.05) is 36.4 Å². The Balaban J connectivity index is 2.49. The van der Waals surface area contributed by atoms with Crippen LogP contribution in [0.1, 0.15) is 0 Å². The van der Waals surface area contributed by atoms with Gasteiger partial charge in [0.1, 0.15) is 0 Å². The monoisotopic (exact) mass is 324 g/mol. The molecule has 0 heterocycles. The highest BCUT2D eigenvalue weighted by atomic mass is 16.2. The molecule has 0 aromatic heterocycles. The van der Waals surface area contributed by atoms with E-state index in [2.05, 4.69) is 0 Å². The zero-order valence-electron chi connectivity index (χ0n) is 12.6. The maximum Gasteiger partial charge on any atom is 0.333 e. The number of fused-ring (bicyclic) bond motifs is 3. The van der Waals surface area contributed by atoms with E-state index in [0.717, 1.165) is 26.2 Å². The van der Waals surface area contributed by atoms with Crippen LogP contribution in [0.3, 0.4) is 0 Å². The van der Waals surface area contributed by atoms with Crippen molar-refractivity contribution in [2.24, 2.45) is 23.2 Å². The van der Waals surface area contributed by atoms with E-state index >= 15 is 0 Å². The summed E-state index contributed by atoms with van der Waals surface area (Å²) in [5.41, 5.74) is 11.2. The van der Waals surface area contributed by atoms with Gasteiger partial charge in [-0.25, -0.2) is 31.3 Å². The number of carbonyl (C=O) groups excluding carboxylic acids is 2. The van der Waals surface area contributed by atoms with Crippen molar-refractivity contribution in [2.45, 2.75) is 0 Å². The van der Waals surface area contributed by atoms with Gasteiger partial charge >= 0.3 is 12.1 Å². The zero-order valence-corrected chi connectivity index (χ0v) is 12.6. The number of nitrogens with two attached hydrogens (primary N) is 4. The number of nitrogens with zero attached hydrogens (tertiary/aromatic N) is 2. The summed E-state index contributed by atoms with van der Waals surface area (Å²) in [4.78, 5) is 23.1. The number of urea groups is 2. The molecule has 24 heavy (non-hydrogen) atoms. The van der Waals surface area contributed by atoms with Gasteiger partial charge in [0.25, 0.3) is 0 Å². The second kappa shape index (κ2) is 5.69. The fraction of sp³-hybridized carbons (Fsp3) is 0. The molecule has 8 nitrogen and oxygen atoms in total. The van der Waals surface area contributed by atoms with Crippen molar-refractivity contribution in [1.82, 2.24) is 0 Å². The van der Waals surface area contributed by atoms with E-state index in [1.165, 1.54) is 0 Å². The molecule has 122 valence electrons. The molecule has 0 atom stereocenters. The molecule has 0 fully saturated rings. The third kappa shape index (κ3) is 2.35. The van der Waals surface area contributed by atoms with Gasteiger partial charge in [0.05, 0.1) is 11.4 Å². The molecule has 0 unspecified atom stereocenters. The predicted molar refractivity (Wildman–Crippen MR) is 94.0 cm³/mol. The van der Waals surface area contributed by atoms with E-state index in [4.69, 9.17) is 23.2 Å². The van der Waals surface area contributed by atoms with E-state index in [0.29, 0.717) is 16.8 Å². The van der Waals surface area contributed by atoms with Crippen LogP contribution < -0.4 is 33.2 Å². The Morgan fingerprint density at radius 2 is 1.33 bits per heavy atom. The van der Waals surface area contributed by atoms with Crippen LogP contribution in [0.25, 0.3) is 21.5 Å². The Hall–Kier alpha value is -3.36. The molecule has 0 aliphatic rings. The van der Waals surface area contributed by atoms with E-state index in [1.807, 2.05) is 30.3 Å². The van der Waals surface area contributed by atoms with Crippen LogP contribution in [0.4, 0.5) is 21.0 Å². The molecular formula is C16H16N6O2. The molecule has 4 amide bonds. The third-order valence-corrected chi connectivity index (χ3v) is 3.84. The average Bonchev–Trinajstić information content (AvgIpc) is 2.58. The molecule has 0 saturated carbocycles. The fourth-order valence-corrected chi connectivity index (χ4v) is 2.75. The lowest BCUT2D eigenvalue weighted by Crippen LogP contribution is -2.43. The van der Waals surface area contributed by atoms with Crippen LogP contribution in [0.5, 0.6) is 0 Å². The van der Waals surface area contributed by atoms with Crippen LogP contribution in [0.2, 0.25) is 0 Å². The number of benzene rings is 3. The van der Waals surface area contributed by atoms with E-state index in [9.17, 15) is 9.59 Å². The van der Waals surface area contributed by atoms with Crippen molar-refractivity contribution < 1.29 is 9.59 Å². The largest absolute Gasteiger partial charge is 0.350 e. The average molecular weight is 324 g/mol. The van der Waals surface area contributed by atoms with Crippen LogP contribution in [-0.4, -0.2) is 12.1 Å². The molecule has 0 aliphatic carbocycles. The number of primary amides is 2. The standard InChI is InChI=1S/C16H16N6O2/c17-15(23)21(19)12-7-3-6-11-10-5-2-1-4-9(10)8-13(14(11)12)22(20)16(18)24/h1-8H,19-20H2,(H2,17,23)(H2,18,24). The molecule has 3 aromatic rings. The smallest absolute Gasteiger partial charge is 0.333 e. The third-order valence-electron chi connectivity index (χ3n) is 3.84. The van der Waals surface area contributed by atoms with Crippen molar-refractivity contribution in [3.8, 4) is 0 Å². The molecule has 3 rings (SSSR count). The summed E-state index contributed by atoms with van der Waals surface area (Å²) in [6, 6.07) is 12.8. The summed E-state index contributed by atoms with van der Waals surface area (Å²) in [7, 11) is 0. The molecule has 0 aliphatic heterocycles. The lowest BCUT2D eigenvalue weighted by Gasteiger charge is -2.23. The first-order valence-electron chi connectivity index (χ1n) is 7.05. The molecule has 0 saturated heterocycles. The number of hydrazine groups is 2. The molecule has 8 heteroatoms. The molecule has 0 spiro atoms. The van der Waals surface area contributed by atoms with Gasteiger partial charge in [-0.2, -0.15) is 0 Å². The summed E-state index contributed by atoms with van der Waals surface area (Å²) < 4.78 is 0. The van der Waals surface area contributed by atoms with Crippen LogP contribution in [0, 0.1) is 0 Å². The second-order valence-corrected chi connectivity index (χ2v) is 5.23. The molecule has 0 radical (unpaired) electrons. The van der Waals surface area contributed by atoms with Gasteiger partial charge in [0, 0.05) is 5.39 Å². The number of amides is 4. The SMILES string of the molecule is NC(=O)N(N)c1cccc2c1c(N(N)C(N)=O)cc1ccccc12. The van der Waals surface area contributed by atoms with Crippen molar-refractivity contribution in [3.05, 3.63) is 48.5 Å². The highest BCUT2D eigenvalue weighted by Gasteiger charge is 2.20. The first-order valence-corrected chi connectivity index (χ1v) is 7.05. The van der Waals surface area contributed by atoms with Crippen molar-refractivity contribution in [3.63, 3.8) is 0 Å². The van der Waals surface area contributed by atoms with Crippen molar-refractivity contribution in [2.75, 3.05) is 10.0 Å². The van der Waals surface area contributed by atoms with Gasteiger partial charge in [0.15, 0.2) is 0 Å². The minimum Gasteiger partial charge on any atom is -0.350 e. The second-order valence-electron chi connectivity index (χ2n) is 5.23. The summed E-state index contributed by atoms with van der Waals surface area (Å²) in [5, 5.41) is 4.64. The highest BCUT2D eigenvalue weighted by molar-refractivity contribution is 6.20. The predicted octanol–water partition coefficient (Wildman–Crippen LogP) is 1.51. The Labute approximate surface area is 137 Å². The van der Waals surface area contributed by atoms with Gasteiger partial charge < -0.3 is 11.5 Å². The first-order chi connectivity index (χ1) is 11.4. The van der Waals surface area contributed by atoms with Crippen molar-refractivity contribution >= 4 is 45.0 Å². The first kappa shape index (κ1) is 15.5. The Morgan fingerprint density at radius 3 is 2.00 bits per heavy atom. The van der Waals surface area contributed by atoms with Crippen LogP contribution in [-0.2, 0) is 0 Å². The summed E-state index contributed by atoms with van der Waals surface area (Å²) in [5.74, 6) is 11.6. The van der Waals surface area contributed by atoms with Crippen LogP contribution >= 0.6 is 0 Å². The van der Waals surface area contributed by atoms with Gasteiger partial charge in [0.2, 0.25) is 0 Å². The summed E-state index contributed by atoms with van der Waals surface area (Å²) >= 11 is 0. The number of carbonyl (C=O) groups is 2. The molecule has 0 bridgehead atoms. The topological polar surface area (TPSA) is 145 Å². The maximum atomic E-state index is 11.6. The van der Waals surface area contributed by atoms with Crippen molar-refractivity contribution in [1.29, 1.82) is 0 Å². The number of hydrogen-bond donors (Lipinski definition) is 4. The van der Waals surface area contributed by atoms with Gasteiger partial charge in [-0.3, -0.25) is 0 Å². The minimum atomic E-state index is -0.843. The molecular weight excluding hydrogens is 308 g/mol. The molecule has 8 N–H and O–H groups in total.